The third kappa shape index (κ3) is 2.52. The van der Waals surface area contributed by atoms with Gasteiger partial charge < -0.3 is 25.0 Å². The van der Waals surface area contributed by atoms with Gasteiger partial charge in [-0.1, -0.05) is 12.1 Å². The normalized spacial score (nSPS) is 21.1. The molecule has 1 unspecified atom stereocenters. The fourth-order valence-electron chi connectivity index (χ4n) is 4.17. The van der Waals surface area contributed by atoms with Crippen LogP contribution in [-0.2, 0) is 15.1 Å². The number of hydrogen-bond acceptors (Lipinski definition) is 6. The van der Waals surface area contributed by atoms with Crippen LogP contribution in [0.25, 0.3) is 0 Å². The maximum atomic E-state index is 12.9. The summed E-state index contributed by atoms with van der Waals surface area (Å²) in [6.07, 6.45) is 5.34. The summed E-state index contributed by atoms with van der Waals surface area (Å²) in [5.74, 6) is -0.122. The number of benzene rings is 2. The van der Waals surface area contributed by atoms with Crippen LogP contribution in [0.4, 0.5) is 5.69 Å². The van der Waals surface area contributed by atoms with Crippen molar-refractivity contribution in [2.24, 2.45) is 0 Å². The van der Waals surface area contributed by atoms with Crippen molar-refractivity contribution < 1.29 is 29.3 Å². The molecule has 1 amide bonds. The van der Waals surface area contributed by atoms with E-state index in [0.717, 1.165) is 0 Å². The first-order valence-electron chi connectivity index (χ1n) is 9.37. The van der Waals surface area contributed by atoms with E-state index in [-0.39, 0.29) is 17.4 Å². The van der Waals surface area contributed by atoms with Crippen LogP contribution in [0, 0.1) is 0 Å². The van der Waals surface area contributed by atoms with Gasteiger partial charge in [-0.3, -0.25) is 4.79 Å². The molecule has 0 bridgehead atoms. The van der Waals surface area contributed by atoms with Crippen LogP contribution in [-0.4, -0.2) is 22.1 Å². The molecule has 5 rings (SSSR count). The first kappa shape index (κ1) is 18.1. The molecule has 7 nitrogen and oxygen atoms in total. The van der Waals surface area contributed by atoms with Gasteiger partial charge in [0.25, 0.3) is 0 Å². The average molecular weight is 403 g/mol. The van der Waals surface area contributed by atoms with Gasteiger partial charge in [0.05, 0.1) is 5.56 Å². The third-order valence-corrected chi connectivity index (χ3v) is 5.32. The molecule has 30 heavy (non-hydrogen) atoms. The molecule has 3 aliphatic rings. The van der Waals surface area contributed by atoms with Crippen LogP contribution < -0.4 is 10.1 Å². The maximum Gasteiger partial charge on any atom is 0.340 e. The first-order valence-corrected chi connectivity index (χ1v) is 9.37. The number of rotatable bonds is 1. The van der Waals surface area contributed by atoms with Crippen molar-refractivity contribution in [3.63, 3.8) is 0 Å². The topological polar surface area (TPSA) is 105 Å². The van der Waals surface area contributed by atoms with E-state index in [1.165, 1.54) is 25.1 Å². The summed E-state index contributed by atoms with van der Waals surface area (Å²) in [5.41, 5.74) is 1.24. The Labute approximate surface area is 171 Å². The molecule has 2 heterocycles. The Bertz CT molecular complexity index is 1220. The lowest BCUT2D eigenvalue weighted by molar-refractivity contribution is -0.114. The fraction of sp³-hybridized carbons (Fsp3) is 0.130. The molecule has 2 aromatic carbocycles. The number of fused-ring (bicyclic) bond motifs is 6. The zero-order valence-electron chi connectivity index (χ0n) is 15.9. The number of hydrogen-bond donors (Lipinski definition) is 3. The molecular formula is C23H17NO6. The van der Waals surface area contributed by atoms with E-state index < -0.39 is 11.6 Å². The monoisotopic (exact) mass is 403 g/mol. The summed E-state index contributed by atoms with van der Waals surface area (Å²) >= 11 is 0. The predicted octanol–water partition coefficient (Wildman–Crippen LogP) is 3.81. The Hall–Kier alpha value is -4.00. The fourth-order valence-corrected chi connectivity index (χ4v) is 4.17. The van der Waals surface area contributed by atoms with E-state index in [9.17, 15) is 19.8 Å². The van der Waals surface area contributed by atoms with E-state index in [1.54, 1.807) is 30.3 Å². The van der Waals surface area contributed by atoms with Gasteiger partial charge >= 0.3 is 5.97 Å². The molecule has 2 aliphatic heterocycles. The van der Waals surface area contributed by atoms with Crippen LogP contribution >= 0.6 is 0 Å². The number of phenolic OH excluding ortho intramolecular Hbond substituents is 1. The highest BCUT2D eigenvalue weighted by Crippen LogP contribution is 2.56. The van der Waals surface area contributed by atoms with E-state index >= 15 is 0 Å². The molecule has 0 saturated heterocycles. The second-order valence-electron chi connectivity index (χ2n) is 7.29. The van der Waals surface area contributed by atoms with Crippen LogP contribution in [0.5, 0.6) is 11.5 Å². The number of aromatic hydroxyl groups is 1. The lowest BCUT2D eigenvalue weighted by atomic mass is 9.76. The number of nitrogens with one attached hydrogen (secondary N) is 1. The number of anilines is 1. The third-order valence-electron chi connectivity index (χ3n) is 5.32. The standard InChI is InChI=1S/C23H17NO6/c1-12(25)24-13-5-7-17-16(9-13)22(28)30-23(17)18-4-2-3-14(26)10-20(18)29-21-11-15(27)6-8-19(21)23/h3-11,26-27H,2H2,1H3,(H,24,25). The zero-order valence-corrected chi connectivity index (χ0v) is 15.9. The molecule has 7 heteroatoms. The molecule has 0 aromatic heterocycles. The van der Waals surface area contributed by atoms with Crippen molar-refractivity contribution in [3.8, 4) is 11.5 Å². The minimum Gasteiger partial charge on any atom is -0.508 e. The Morgan fingerprint density at radius 2 is 1.90 bits per heavy atom. The number of aliphatic hydroxyl groups is 1. The van der Waals surface area contributed by atoms with Crippen molar-refractivity contribution in [2.45, 2.75) is 18.9 Å². The summed E-state index contributed by atoms with van der Waals surface area (Å²) in [7, 11) is 0. The molecule has 3 N–H and O–H groups in total. The van der Waals surface area contributed by atoms with Crippen LogP contribution in [0.2, 0.25) is 0 Å². The van der Waals surface area contributed by atoms with Crippen molar-refractivity contribution in [2.75, 3.05) is 5.32 Å². The molecular weight excluding hydrogens is 386 g/mol. The Morgan fingerprint density at radius 3 is 2.70 bits per heavy atom. The van der Waals surface area contributed by atoms with Crippen molar-refractivity contribution in [1.29, 1.82) is 0 Å². The maximum absolute atomic E-state index is 12.9. The summed E-state index contributed by atoms with van der Waals surface area (Å²) in [4.78, 5) is 24.4. The number of ether oxygens (including phenoxy) is 2. The molecule has 1 atom stereocenters. The van der Waals surface area contributed by atoms with Gasteiger partial charge in [-0.05, 0) is 36.8 Å². The average Bonchev–Trinajstić information content (AvgIpc) is 2.82. The predicted molar refractivity (Wildman–Crippen MR) is 107 cm³/mol. The smallest absolute Gasteiger partial charge is 0.340 e. The molecule has 0 fully saturated rings. The zero-order chi connectivity index (χ0) is 21.0. The van der Waals surface area contributed by atoms with E-state index in [2.05, 4.69) is 5.32 Å². The Kier molecular flexibility index (Phi) is 3.76. The SMILES string of the molecule is CC(=O)Nc1ccc2c(c1)C(=O)OC21C2=CCC=C(O)C=C2Oc2cc(O)ccc21. The van der Waals surface area contributed by atoms with Gasteiger partial charge in [0.15, 0.2) is 5.60 Å². The van der Waals surface area contributed by atoms with Crippen LogP contribution in [0.1, 0.15) is 34.8 Å². The second kappa shape index (κ2) is 6.25. The summed E-state index contributed by atoms with van der Waals surface area (Å²) in [5, 5.41) is 22.7. The highest BCUT2D eigenvalue weighted by atomic mass is 16.6. The number of allylic oxidation sites excluding steroid dienone is 3. The molecule has 0 radical (unpaired) electrons. The van der Waals surface area contributed by atoms with E-state index in [4.69, 9.17) is 9.47 Å². The van der Waals surface area contributed by atoms with Crippen molar-refractivity contribution >= 4 is 17.6 Å². The van der Waals surface area contributed by atoms with Crippen molar-refractivity contribution in [1.82, 2.24) is 0 Å². The highest BCUT2D eigenvalue weighted by Gasteiger charge is 2.55. The van der Waals surface area contributed by atoms with E-state index in [0.29, 0.717) is 45.9 Å². The lowest BCUT2D eigenvalue weighted by Crippen LogP contribution is -2.36. The van der Waals surface area contributed by atoms with Gasteiger partial charge in [0.2, 0.25) is 5.91 Å². The first-order chi connectivity index (χ1) is 14.4. The number of carbonyl (C=O) groups is 2. The Morgan fingerprint density at radius 1 is 1.10 bits per heavy atom. The molecule has 2 aromatic rings. The molecule has 0 saturated carbocycles. The number of aliphatic hydroxyl groups excluding tert-OH is 1. The summed E-state index contributed by atoms with van der Waals surface area (Å²) < 4.78 is 12.0. The van der Waals surface area contributed by atoms with Crippen LogP contribution in [0.15, 0.2) is 71.7 Å². The quantitative estimate of drug-likeness (QED) is 0.626. The summed E-state index contributed by atoms with van der Waals surface area (Å²) in [6, 6.07) is 9.63. The minimum atomic E-state index is -1.30. The van der Waals surface area contributed by atoms with Crippen molar-refractivity contribution in [3.05, 3.63) is 88.4 Å². The minimum absolute atomic E-state index is 0.00383. The van der Waals surface area contributed by atoms with Gasteiger partial charge in [0.1, 0.15) is 23.0 Å². The largest absolute Gasteiger partial charge is 0.508 e. The molecule has 1 spiro atoms. The van der Waals surface area contributed by atoms with Gasteiger partial charge in [-0.15, -0.1) is 0 Å². The highest BCUT2D eigenvalue weighted by molar-refractivity contribution is 5.99. The number of amides is 1. The second-order valence-corrected chi connectivity index (χ2v) is 7.29. The van der Waals surface area contributed by atoms with Gasteiger partial charge in [0, 0.05) is 41.5 Å². The van der Waals surface area contributed by atoms with Gasteiger partial charge in [-0.25, -0.2) is 4.79 Å². The Balaban J connectivity index is 1.79. The molecule has 150 valence electrons. The van der Waals surface area contributed by atoms with E-state index in [1.807, 2.05) is 6.08 Å². The van der Waals surface area contributed by atoms with Gasteiger partial charge in [-0.2, -0.15) is 0 Å². The van der Waals surface area contributed by atoms with Crippen LogP contribution in [0.3, 0.4) is 0 Å². The number of carbonyl (C=O) groups excluding carboxylic acids is 2. The number of esters is 1. The number of phenols is 1. The molecule has 1 aliphatic carbocycles. The lowest BCUT2D eigenvalue weighted by Gasteiger charge is -2.38. The summed E-state index contributed by atoms with van der Waals surface area (Å²) in [6.45, 7) is 1.39.